The lowest BCUT2D eigenvalue weighted by atomic mass is 10.0. The van der Waals surface area contributed by atoms with Gasteiger partial charge in [-0.3, -0.25) is 4.79 Å². The second kappa shape index (κ2) is 12.7. The zero-order valence-electron chi connectivity index (χ0n) is 23.8. The van der Waals surface area contributed by atoms with E-state index in [1.54, 1.807) is 11.1 Å². The van der Waals surface area contributed by atoms with Crippen LogP contribution in [0.4, 0.5) is 13.2 Å². The number of H-pyrrole nitrogens is 2. The SMILES string of the molecule is O=C(CCCOCC(F)(F)F)N1CCCC1c1ncc(-c2ccc(-c3ccc(-c4cnc(C5CCCN5)[nH]4)cc3)cc2)[nH]1. The molecule has 2 aliphatic heterocycles. The summed E-state index contributed by atoms with van der Waals surface area (Å²) in [7, 11) is 0. The van der Waals surface area contributed by atoms with Gasteiger partial charge < -0.3 is 24.9 Å². The van der Waals surface area contributed by atoms with Crippen molar-refractivity contribution in [2.24, 2.45) is 0 Å². The molecule has 43 heavy (non-hydrogen) atoms. The van der Waals surface area contributed by atoms with Gasteiger partial charge in [-0.2, -0.15) is 13.2 Å². The van der Waals surface area contributed by atoms with Crippen LogP contribution >= 0.6 is 0 Å². The van der Waals surface area contributed by atoms with Crippen molar-refractivity contribution < 1.29 is 22.7 Å². The smallest absolute Gasteiger partial charge is 0.372 e. The topological polar surface area (TPSA) is 98.9 Å². The number of aromatic nitrogens is 4. The summed E-state index contributed by atoms with van der Waals surface area (Å²) in [6, 6.07) is 16.8. The van der Waals surface area contributed by atoms with E-state index in [2.05, 4.69) is 78.5 Å². The third kappa shape index (κ3) is 7.00. The molecule has 0 radical (unpaired) electrons. The lowest BCUT2D eigenvalue weighted by molar-refractivity contribution is -0.174. The summed E-state index contributed by atoms with van der Waals surface area (Å²) in [5.74, 6) is 1.62. The number of hydrogen-bond acceptors (Lipinski definition) is 5. The van der Waals surface area contributed by atoms with Crippen molar-refractivity contribution in [1.82, 2.24) is 30.2 Å². The van der Waals surface area contributed by atoms with Crippen molar-refractivity contribution in [3.8, 4) is 33.6 Å². The number of imidazole rings is 2. The molecule has 2 atom stereocenters. The van der Waals surface area contributed by atoms with Crippen molar-refractivity contribution in [3.63, 3.8) is 0 Å². The fourth-order valence-electron chi connectivity index (χ4n) is 5.92. The number of benzene rings is 2. The Morgan fingerprint density at radius 3 is 2.07 bits per heavy atom. The molecule has 0 saturated carbocycles. The largest absolute Gasteiger partial charge is 0.411 e. The highest BCUT2D eigenvalue weighted by Gasteiger charge is 2.32. The number of carbonyl (C=O) groups excluding carboxylic acids is 1. The van der Waals surface area contributed by atoms with Crippen LogP contribution in [0.15, 0.2) is 60.9 Å². The molecule has 8 nitrogen and oxygen atoms in total. The lowest BCUT2D eigenvalue weighted by Gasteiger charge is -2.23. The van der Waals surface area contributed by atoms with Gasteiger partial charge in [-0.15, -0.1) is 0 Å². The molecule has 0 bridgehead atoms. The van der Waals surface area contributed by atoms with Gasteiger partial charge in [-0.05, 0) is 60.9 Å². The van der Waals surface area contributed by atoms with E-state index in [9.17, 15) is 18.0 Å². The Labute approximate surface area is 248 Å². The van der Waals surface area contributed by atoms with E-state index in [4.69, 9.17) is 0 Å². The lowest BCUT2D eigenvalue weighted by Crippen LogP contribution is -2.31. The average Bonchev–Trinajstić information content (AvgIpc) is 3.83. The van der Waals surface area contributed by atoms with Crippen LogP contribution in [-0.4, -0.2) is 63.2 Å². The number of aromatic amines is 2. The summed E-state index contributed by atoms with van der Waals surface area (Å²) < 4.78 is 41.3. The third-order valence-electron chi connectivity index (χ3n) is 8.14. The Kier molecular flexibility index (Phi) is 8.62. The summed E-state index contributed by atoms with van der Waals surface area (Å²) in [6.45, 7) is 0.253. The third-order valence-corrected chi connectivity index (χ3v) is 8.14. The molecule has 2 aliphatic rings. The number of rotatable bonds is 10. The van der Waals surface area contributed by atoms with Crippen LogP contribution in [0.2, 0.25) is 0 Å². The summed E-state index contributed by atoms with van der Waals surface area (Å²) in [5, 5.41) is 3.47. The minimum Gasteiger partial charge on any atom is -0.372 e. The van der Waals surface area contributed by atoms with E-state index in [0.29, 0.717) is 12.6 Å². The Morgan fingerprint density at radius 2 is 1.47 bits per heavy atom. The van der Waals surface area contributed by atoms with Crippen molar-refractivity contribution in [2.75, 3.05) is 26.3 Å². The van der Waals surface area contributed by atoms with Crippen molar-refractivity contribution in [2.45, 2.75) is 56.8 Å². The van der Waals surface area contributed by atoms with Crippen LogP contribution in [0.5, 0.6) is 0 Å². The molecule has 2 saturated heterocycles. The van der Waals surface area contributed by atoms with Crippen LogP contribution in [0.25, 0.3) is 33.6 Å². The molecule has 4 heterocycles. The monoisotopic (exact) mass is 592 g/mol. The predicted octanol–water partition coefficient (Wildman–Crippen LogP) is 6.58. The molecule has 11 heteroatoms. The van der Waals surface area contributed by atoms with Crippen molar-refractivity contribution in [3.05, 3.63) is 72.6 Å². The van der Waals surface area contributed by atoms with Crippen LogP contribution in [0.1, 0.15) is 62.3 Å². The first-order valence-electron chi connectivity index (χ1n) is 14.8. The molecule has 2 aromatic carbocycles. The Balaban J connectivity index is 1.05. The first kappa shape index (κ1) is 29.1. The Morgan fingerprint density at radius 1 is 0.860 bits per heavy atom. The van der Waals surface area contributed by atoms with Gasteiger partial charge >= 0.3 is 6.18 Å². The summed E-state index contributed by atoms with van der Waals surface area (Å²) in [6.07, 6.45) is 3.64. The number of nitrogens with one attached hydrogen (secondary N) is 3. The zero-order chi connectivity index (χ0) is 29.8. The molecule has 2 fully saturated rings. The first-order chi connectivity index (χ1) is 20.8. The number of alkyl halides is 3. The summed E-state index contributed by atoms with van der Waals surface area (Å²) >= 11 is 0. The van der Waals surface area contributed by atoms with Gasteiger partial charge in [0.15, 0.2) is 0 Å². The Hall–Kier alpha value is -3.96. The minimum atomic E-state index is -4.36. The summed E-state index contributed by atoms with van der Waals surface area (Å²) in [4.78, 5) is 30.6. The number of hydrogen-bond donors (Lipinski definition) is 3. The van der Waals surface area contributed by atoms with Crippen molar-refractivity contribution >= 4 is 5.91 Å². The maximum absolute atomic E-state index is 12.8. The fourth-order valence-corrected chi connectivity index (χ4v) is 5.92. The van der Waals surface area contributed by atoms with Gasteiger partial charge in [-0.25, -0.2) is 9.97 Å². The van der Waals surface area contributed by atoms with Crippen LogP contribution in [0.3, 0.4) is 0 Å². The highest BCUT2D eigenvalue weighted by atomic mass is 19.4. The van der Waals surface area contributed by atoms with E-state index in [0.717, 1.165) is 71.1 Å². The molecular formula is C32H35F3N6O2. The van der Waals surface area contributed by atoms with Crippen LogP contribution < -0.4 is 5.32 Å². The van der Waals surface area contributed by atoms with Crippen molar-refractivity contribution in [1.29, 1.82) is 0 Å². The number of likely N-dealkylation sites (tertiary alicyclic amines) is 1. The highest BCUT2D eigenvalue weighted by molar-refractivity contribution is 5.77. The molecule has 6 rings (SSSR count). The fraction of sp³-hybridized carbons (Fsp3) is 0.406. The number of nitrogens with zero attached hydrogens (tertiary/aromatic N) is 3. The second-order valence-electron chi connectivity index (χ2n) is 11.2. The molecule has 0 spiro atoms. The van der Waals surface area contributed by atoms with E-state index >= 15 is 0 Å². The molecule has 1 amide bonds. The maximum Gasteiger partial charge on any atom is 0.411 e. The average molecular weight is 593 g/mol. The number of halogens is 3. The van der Waals surface area contributed by atoms with E-state index in [1.807, 2.05) is 6.20 Å². The maximum atomic E-state index is 12.8. The molecule has 3 N–H and O–H groups in total. The highest BCUT2D eigenvalue weighted by Crippen LogP contribution is 2.33. The molecule has 4 aromatic rings. The molecular weight excluding hydrogens is 557 g/mol. The quantitative estimate of drug-likeness (QED) is 0.181. The van der Waals surface area contributed by atoms with Crippen LogP contribution in [0, 0.1) is 0 Å². The number of amides is 1. The molecule has 226 valence electrons. The number of ether oxygens (including phenoxy) is 1. The molecule has 2 aromatic heterocycles. The minimum absolute atomic E-state index is 0.0924. The molecule has 0 aliphatic carbocycles. The summed E-state index contributed by atoms with van der Waals surface area (Å²) in [5.41, 5.74) is 6.17. The van der Waals surface area contributed by atoms with Gasteiger partial charge in [0.25, 0.3) is 0 Å². The number of carbonyl (C=O) groups is 1. The van der Waals surface area contributed by atoms with E-state index < -0.39 is 12.8 Å². The van der Waals surface area contributed by atoms with Gasteiger partial charge in [0.2, 0.25) is 5.91 Å². The van der Waals surface area contributed by atoms with Crippen LogP contribution in [-0.2, 0) is 9.53 Å². The van der Waals surface area contributed by atoms with E-state index in [1.165, 1.54) is 6.42 Å². The Bertz CT molecular complexity index is 1510. The normalized spacial score (nSPS) is 18.9. The van der Waals surface area contributed by atoms with Gasteiger partial charge in [0, 0.05) is 19.6 Å². The zero-order valence-corrected chi connectivity index (χ0v) is 23.8. The predicted molar refractivity (Wildman–Crippen MR) is 157 cm³/mol. The first-order valence-corrected chi connectivity index (χ1v) is 14.8. The van der Waals surface area contributed by atoms with E-state index in [-0.39, 0.29) is 31.4 Å². The van der Waals surface area contributed by atoms with Gasteiger partial charge in [0.05, 0.1) is 35.9 Å². The standard InChI is InChI=1S/C32H35F3N6O2/c33-32(34,35)20-43-17-3-6-29(42)41-16-2-5-28(41)31-38-19-27(40-31)24-13-9-22(10-14-24)21-7-11-23(12-8-21)26-18-37-30(39-26)25-4-1-15-36-25/h7-14,18-19,25,28,36H,1-6,15-17,20H2,(H,37,39)(H,38,40). The van der Waals surface area contributed by atoms with Gasteiger partial charge in [-0.1, -0.05) is 48.5 Å². The molecule has 2 unspecified atom stereocenters. The second-order valence-corrected chi connectivity index (χ2v) is 11.2. The van der Waals surface area contributed by atoms with Gasteiger partial charge in [0.1, 0.15) is 18.3 Å².